The maximum Gasteiger partial charge on any atom is 0.0810 e. The van der Waals surface area contributed by atoms with E-state index in [0.717, 1.165) is 24.9 Å². The van der Waals surface area contributed by atoms with Crippen LogP contribution >= 0.6 is 0 Å². The van der Waals surface area contributed by atoms with Gasteiger partial charge in [-0.15, -0.1) is 0 Å². The normalized spacial score (nSPS) is 24.8. The summed E-state index contributed by atoms with van der Waals surface area (Å²) in [4.78, 5) is 6.83. The molecule has 0 spiro atoms. The first-order chi connectivity index (χ1) is 12.7. The monoisotopic (exact) mass is 350 g/mol. The summed E-state index contributed by atoms with van der Waals surface area (Å²) in [6.07, 6.45) is 8.98. The smallest absolute Gasteiger partial charge is 0.0810 e. The van der Waals surface area contributed by atoms with Crippen molar-refractivity contribution in [3.8, 4) is 0 Å². The van der Waals surface area contributed by atoms with Crippen LogP contribution in [0.5, 0.6) is 0 Å². The molecular weight excluding hydrogens is 320 g/mol. The van der Waals surface area contributed by atoms with Crippen LogP contribution in [-0.2, 0) is 6.42 Å². The number of fused-ring (bicyclic) bond motifs is 1. The highest BCUT2D eigenvalue weighted by atomic mass is 16.3. The molecule has 1 aromatic heterocycles. The highest BCUT2D eigenvalue weighted by Gasteiger charge is 2.27. The van der Waals surface area contributed by atoms with Gasteiger partial charge in [-0.2, -0.15) is 0 Å². The van der Waals surface area contributed by atoms with Crippen LogP contribution in [0.2, 0.25) is 0 Å². The standard InChI is InChI=1S/C23H30N2O/c1-17-4-2-3-5-21(17)20-9-12-25(13-10-20)16-18-6-7-19-8-11-24-15-22(19)23(26)14-18/h2-5,8,11,15,18,20,23,26H,6-7,9-10,12-14,16H2,1H3. The van der Waals surface area contributed by atoms with E-state index in [0.29, 0.717) is 11.8 Å². The number of hydrogen-bond donors (Lipinski definition) is 1. The first kappa shape index (κ1) is 17.7. The predicted octanol–water partition coefficient (Wildman–Crippen LogP) is 4.26. The van der Waals surface area contributed by atoms with Crippen LogP contribution < -0.4 is 0 Å². The van der Waals surface area contributed by atoms with Crippen LogP contribution in [0.15, 0.2) is 42.7 Å². The van der Waals surface area contributed by atoms with Crippen molar-refractivity contribution in [1.29, 1.82) is 0 Å². The Kier molecular flexibility index (Phi) is 5.37. The second kappa shape index (κ2) is 7.89. The van der Waals surface area contributed by atoms with Gasteiger partial charge in [0.2, 0.25) is 0 Å². The lowest BCUT2D eigenvalue weighted by molar-refractivity contribution is 0.117. The summed E-state index contributed by atoms with van der Waals surface area (Å²) in [5.41, 5.74) is 5.31. The van der Waals surface area contributed by atoms with Crippen LogP contribution in [0, 0.1) is 12.8 Å². The van der Waals surface area contributed by atoms with Gasteiger partial charge in [-0.05, 0) is 86.7 Å². The number of piperidine rings is 1. The number of nitrogens with zero attached hydrogens (tertiary/aromatic N) is 2. The lowest BCUT2D eigenvalue weighted by atomic mass is 9.86. The molecule has 0 amide bonds. The summed E-state index contributed by atoms with van der Waals surface area (Å²) < 4.78 is 0. The number of pyridine rings is 1. The van der Waals surface area contributed by atoms with E-state index in [9.17, 15) is 5.11 Å². The van der Waals surface area contributed by atoms with E-state index in [4.69, 9.17) is 0 Å². The number of aromatic nitrogens is 1. The molecule has 1 aromatic carbocycles. The average molecular weight is 351 g/mol. The van der Waals surface area contributed by atoms with E-state index >= 15 is 0 Å². The topological polar surface area (TPSA) is 36.4 Å². The predicted molar refractivity (Wildman–Crippen MR) is 105 cm³/mol. The quantitative estimate of drug-likeness (QED) is 0.841. The number of aliphatic hydroxyl groups excluding tert-OH is 1. The Hall–Kier alpha value is -1.71. The molecule has 4 rings (SSSR count). The van der Waals surface area contributed by atoms with Gasteiger partial charge in [-0.1, -0.05) is 24.3 Å². The van der Waals surface area contributed by atoms with Crippen molar-refractivity contribution >= 4 is 0 Å². The molecule has 1 fully saturated rings. The Morgan fingerprint density at radius 1 is 1.08 bits per heavy atom. The molecule has 1 aliphatic heterocycles. The fraction of sp³-hybridized carbons (Fsp3) is 0.522. The molecule has 0 saturated carbocycles. The lowest BCUT2D eigenvalue weighted by Crippen LogP contribution is -2.37. The Bertz CT molecular complexity index is 736. The zero-order chi connectivity index (χ0) is 17.9. The molecule has 2 aromatic rings. The Morgan fingerprint density at radius 2 is 1.88 bits per heavy atom. The van der Waals surface area contributed by atoms with Crippen molar-refractivity contribution in [2.75, 3.05) is 19.6 Å². The van der Waals surface area contributed by atoms with Crippen LogP contribution in [0.1, 0.15) is 60.0 Å². The summed E-state index contributed by atoms with van der Waals surface area (Å²) in [5, 5.41) is 10.6. The lowest BCUT2D eigenvalue weighted by Gasteiger charge is -2.35. The summed E-state index contributed by atoms with van der Waals surface area (Å²) in [5.74, 6) is 1.29. The summed E-state index contributed by atoms with van der Waals surface area (Å²) >= 11 is 0. The highest BCUT2D eigenvalue weighted by Crippen LogP contribution is 2.34. The van der Waals surface area contributed by atoms with E-state index in [2.05, 4.69) is 47.1 Å². The first-order valence-corrected chi connectivity index (χ1v) is 10.1. The van der Waals surface area contributed by atoms with Crippen molar-refractivity contribution in [2.24, 2.45) is 5.92 Å². The molecule has 2 heterocycles. The zero-order valence-corrected chi connectivity index (χ0v) is 15.8. The van der Waals surface area contributed by atoms with E-state index in [1.165, 1.54) is 43.5 Å². The third kappa shape index (κ3) is 3.84. The summed E-state index contributed by atoms with van der Waals surface area (Å²) in [6.45, 7) is 5.72. The summed E-state index contributed by atoms with van der Waals surface area (Å²) in [7, 11) is 0. The molecular formula is C23H30N2O. The SMILES string of the molecule is Cc1ccccc1C1CCN(CC2CCc3ccncc3C(O)C2)CC1. The van der Waals surface area contributed by atoms with Gasteiger partial charge in [0.1, 0.15) is 0 Å². The zero-order valence-electron chi connectivity index (χ0n) is 15.8. The number of likely N-dealkylation sites (tertiary alicyclic amines) is 1. The third-order valence-corrected chi connectivity index (χ3v) is 6.42. The minimum absolute atomic E-state index is 0.351. The second-order valence-corrected chi connectivity index (χ2v) is 8.16. The van der Waals surface area contributed by atoms with E-state index in [1.54, 1.807) is 5.56 Å². The fourth-order valence-electron chi connectivity index (χ4n) is 4.89. The maximum atomic E-state index is 10.6. The van der Waals surface area contributed by atoms with Crippen molar-refractivity contribution in [2.45, 2.75) is 51.0 Å². The number of aryl methyl sites for hydroxylation is 2. The van der Waals surface area contributed by atoms with Crippen LogP contribution in [0.25, 0.3) is 0 Å². The van der Waals surface area contributed by atoms with Gasteiger partial charge in [0.25, 0.3) is 0 Å². The maximum absolute atomic E-state index is 10.6. The number of hydrogen-bond acceptors (Lipinski definition) is 3. The molecule has 3 heteroatoms. The van der Waals surface area contributed by atoms with Crippen LogP contribution in [0.4, 0.5) is 0 Å². The molecule has 2 aliphatic rings. The van der Waals surface area contributed by atoms with E-state index in [1.807, 2.05) is 12.4 Å². The van der Waals surface area contributed by atoms with Gasteiger partial charge in [0, 0.05) is 24.5 Å². The molecule has 2 atom stereocenters. The molecule has 1 N–H and O–H groups in total. The average Bonchev–Trinajstić information content (AvgIpc) is 2.82. The van der Waals surface area contributed by atoms with Crippen molar-refractivity contribution in [1.82, 2.24) is 9.88 Å². The van der Waals surface area contributed by atoms with Crippen molar-refractivity contribution < 1.29 is 5.11 Å². The number of aliphatic hydroxyl groups is 1. The van der Waals surface area contributed by atoms with Gasteiger partial charge < -0.3 is 10.0 Å². The highest BCUT2D eigenvalue weighted by molar-refractivity contribution is 5.29. The van der Waals surface area contributed by atoms with Crippen molar-refractivity contribution in [3.63, 3.8) is 0 Å². The van der Waals surface area contributed by atoms with Gasteiger partial charge in [0.15, 0.2) is 0 Å². The van der Waals surface area contributed by atoms with E-state index < -0.39 is 0 Å². The van der Waals surface area contributed by atoms with Crippen molar-refractivity contribution in [3.05, 3.63) is 65.0 Å². The Morgan fingerprint density at radius 3 is 2.69 bits per heavy atom. The Balaban J connectivity index is 1.33. The van der Waals surface area contributed by atoms with Gasteiger partial charge >= 0.3 is 0 Å². The Labute approximate surface area is 157 Å². The minimum Gasteiger partial charge on any atom is -0.388 e. The summed E-state index contributed by atoms with van der Waals surface area (Å²) in [6, 6.07) is 10.9. The first-order valence-electron chi connectivity index (χ1n) is 10.1. The fourth-order valence-corrected chi connectivity index (χ4v) is 4.89. The largest absolute Gasteiger partial charge is 0.388 e. The van der Waals surface area contributed by atoms with Gasteiger partial charge in [0.05, 0.1) is 6.10 Å². The molecule has 0 bridgehead atoms. The molecule has 1 aliphatic carbocycles. The molecule has 26 heavy (non-hydrogen) atoms. The van der Waals surface area contributed by atoms with Crippen LogP contribution in [0.3, 0.4) is 0 Å². The molecule has 1 saturated heterocycles. The van der Waals surface area contributed by atoms with Crippen LogP contribution in [-0.4, -0.2) is 34.6 Å². The molecule has 3 nitrogen and oxygen atoms in total. The van der Waals surface area contributed by atoms with Gasteiger partial charge in [-0.25, -0.2) is 0 Å². The third-order valence-electron chi connectivity index (χ3n) is 6.42. The number of rotatable bonds is 3. The molecule has 2 unspecified atom stereocenters. The van der Waals surface area contributed by atoms with E-state index in [-0.39, 0.29) is 6.10 Å². The molecule has 0 radical (unpaired) electrons. The molecule has 138 valence electrons. The van der Waals surface area contributed by atoms with Gasteiger partial charge in [-0.3, -0.25) is 4.98 Å². The number of benzene rings is 1. The second-order valence-electron chi connectivity index (χ2n) is 8.16. The minimum atomic E-state index is -0.351.